The maximum atomic E-state index is 12.3. The molecule has 41 heavy (non-hydrogen) atoms. The van der Waals surface area contributed by atoms with E-state index in [-0.39, 0.29) is 65.7 Å². The van der Waals surface area contributed by atoms with Crippen LogP contribution in [-0.2, 0) is 42.9 Å². The molecule has 13 heteroatoms. The molecule has 0 radical (unpaired) electrons. The predicted molar refractivity (Wildman–Crippen MR) is 159 cm³/mol. The second kappa shape index (κ2) is 23.5. The summed E-state index contributed by atoms with van der Waals surface area (Å²) in [7, 11) is 0. The third-order valence-electron chi connectivity index (χ3n) is 6.14. The molecule has 0 fully saturated rings. The normalized spacial score (nSPS) is 13.8. The molecule has 0 aromatic heterocycles. The van der Waals surface area contributed by atoms with Gasteiger partial charge in [0, 0.05) is 35.2 Å². The van der Waals surface area contributed by atoms with Crippen molar-refractivity contribution in [2.45, 2.75) is 39.5 Å². The maximum absolute atomic E-state index is 12.3. The van der Waals surface area contributed by atoms with Crippen LogP contribution in [0.3, 0.4) is 0 Å². The van der Waals surface area contributed by atoms with E-state index in [0.717, 1.165) is 12.2 Å². The van der Waals surface area contributed by atoms with Gasteiger partial charge in [0.2, 0.25) is 0 Å². The van der Waals surface area contributed by atoms with Crippen LogP contribution in [-0.4, -0.2) is 110 Å². The van der Waals surface area contributed by atoms with Gasteiger partial charge in [0.05, 0.1) is 50.1 Å². The Balaban J connectivity index is 5.47. The van der Waals surface area contributed by atoms with Crippen LogP contribution in [0.15, 0.2) is 25.3 Å². The number of aliphatic hydroxyl groups is 2. The summed E-state index contributed by atoms with van der Waals surface area (Å²) in [6.45, 7) is 10.3. The van der Waals surface area contributed by atoms with Crippen molar-refractivity contribution in [2.75, 3.05) is 75.9 Å². The van der Waals surface area contributed by atoms with E-state index < -0.39 is 34.7 Å². The van der Waals surface area contributed by atoms with Crippen molar-refractivity contribution in [3.05, 3.63) is 25.3 Å². The van der Waals surface area contributed by atoms with E-state index >= 15 is 0 Å². The van der Waals surface area contributed by atoms with Crippen LogP contribution in [0.2, 0.25) is 0 Å². The molecule has 0 heterocycles. The summed E-state index contributed by atoms with van der Waals surface area (Å²) in [6.07, 6.45) is 3.28. The van der Waals surface area contributed by atoms with Gasteiger partial charge in [0.25, 0.3) is 0 Å². The highest BCUT2D eigenvalue weighted by Gasteiger charge is 2.37. The fraction of sp³-hybridized carbons (Fsp3) is 0.714. The van der Waals surface area contributed by atoms with E-state index in [2.05, 4.69) is 13.2 Å². The van der Waals surface area contributed by atoms with Crippen molar-refractivity contribution in [3.63, 3.8) is 0 Å². The Morgan fingerprint density at radius 2 is 1.00 bits per heavy atom. The summed E-state index contributed by atoms with van der Waals surface area (Å²) in [5, 5.41) is 17.8. The molecule has 0 aromatic rings. The van der Waals surface area contributed by atoms with Crippen molar-refractivity contribution in [1.82, 2.24) is 0 Å². The Labute approximate surface area is 251 Å². The third kappa shape index (κ3) is 18.2. The lowest BCUT2D eigenvalue weighted by molar-refractivity contribution is -0.160. The molecule has 2 unspecified atom stereocenters. The fourth-order valence-electron chi connectivity index (χ4n) is 3.17. The largest absolute Gasteiger partial charge is 0.465 e. The van der Waals surface area contributed by atoms with Crippen LogP contribution in [0.5, 0.6) is 0 Å². The molecule has 0 aliphatic rings. The first-order valence-corrected chi connectivity index (χ1v) is 15.8. The highest BCUT2D eigenvalue weighted by molar-refractivity contribution is 7.99. The summed E-state index contributed by atoms with van der Waals surface area (Å²) < 4.78 is 27.7. The zero-order chi connectivity index (χ0) is 31.0. The van der Waals surface area contributed by atoms with Crippen molar-refractivity contribution >= 4 is 47.4 Å². The van der Waals surface area contributed by atoms with E-state index in [4.69, 9.17) is 33.9 Å². The van der Waals surface area contributed by atoms with Crippen molar-refractivity contribution in [1.29, 1.82) is 0 Å². The van der Waals surface area contributed by atoms with Crippen LogP contribution in [0.25, 0.3) is 0 Å². The molecule has 0 saturated heterocycles. The lowest BCUT2D eigenvalue weighted by Gasteiger charge is -2.35. The number of rotatable bonds is 26. The van der Waals surface area contributed by atoms with E-state index in [1.54, 1.807) is 0 Å². The molecule has 11 nitrogen and oxygen atoms in total. The number of esters is 4. The molecule has 2 N–H and O–H groups in total. The first-order chi connectivity index (χ1) is 19.6. The summed E-state index contributed by atoms with van der Waals surface area (Å²) in [5.74, 6) is -0.0501. The molecule has 0 bridgehead atoms. The molecule has 0 rings (SSSR count). The van der Waals surface area contributed by atoms with Crippen LogP contribution in [0, 0.1) is 10.8 Å². The Hall–Kier alpha value is -2.06. The molecular weight excluding hydrogens is 576 g/mol. The van der Waals surface area contributed by atoms with Gasteiger partial charge in [0.1, 0.15) is 26.4 Å². The Morgan fingerprint density at radius 3 is 1.32 bits per heavy atom. The Morgan fingerprint density at radius 1 is 0.634 bits per heavy atom. The van der Waals surface area contributed by atoms with E-state index in [9.17, 15) is 19.2 Å². The van der Waals surface area contributed by atoms with Crippen molar-refractivity contribution < 1.29 is 53.1 Å². The summed E-state index contributed by atoms with van der Waals surface area (Å²) in [4.78, 5) is 48.2. The lowest BCUT2D eigenvalue weighted by atomic mass is 9.86. The predicted octanol–water partition coefficient (Wildman–Crippen LogP) is 2.57. The minimum absolute atomic E-state index is 0.0274. The summed E-state index contributed by atoms with van der Waals surface area (Å²) in [5.41, 5.74) is -1.74. The minimum Gasteiger partial charge on any atom is -0.465 e. The highest BCUT2D eigenvalue weighted by atomic mass is 32.2. The van der Waals surface area contributed by atoms with Gasteiger partial charge in [-0.2, -0.15) is 23.5 Å². The van der Waals surface area contributed by atoms with Crippen LogP contribution in [0.1, 0.15) is 39.5 Å². The van der Waals surface area contributed by atoms with Crippen LogP contribution < -0.4 is 0 Å². The second-order valence-electron chi connectivity index (χ2n) is 9.32. The van der Waals surface area contributed by atoms with Crippen molar-refractivity contribution in [3.8, 4) is 0 Å². The highest BCUT2D eigenvalue weighted by Crippen LogP contribution is 2.29. The van der Waals surface area contributed by atoms with Gasteiger partial charge in [-0.15, -0.1) is 0 Å². The number of hydrogen-bond acceptors (Lipinski definition) is 13. The molecule has 0 aliphatic carbocycles. The van der Waals surface area contributed by atoms with Crippen LogP contribution >= 0.6 is 23.5 Å². The zero-order valence-electron chi connectivity index (χ0n) is 24.3. The Kier molecular flexibility index (Phi) is 22.3. The average molecular weight is 623 g/mol. The number of thioether (sulfide) groups is 2. The number of aliphatic hydroxyl groups excluding tert-OH is 2. The lowest BCUT2D eigenvalue weighted by Crippen LogP contribution is -2.42. The van der Waals surface area contributed by atoms with Gasteiger partial charge >= 0.3 is 23.9 Å². The molecule has 0 spiro atoms. The van der Waals surface area contributed by atoms with Gasteiger partial charge in [-0.3, -0.25) is 9.59 Å². The number of ether oxygens (including phenoxy) is 5. The standard InChI is InChI=1S/C28H46O11S2/c1-5-23(31)36-19-27(7-3,21-38-25(33)9-13-40-15-11-29)17-35-18-28(8-4,20-37-24(32)6-2)22-39-26(34)10-14-41-16-12-30/h5-6,29-30H,1-2,7-22H2,3-4H3. The number of carbonyl (C=O) groups is 4. The van der Waals surface area contributed by atoms with Crippen LogP contribution in [0.4, 0.5) is 0 Å². The molecule has 0 aromatic carbocycles. The maximum Gasteiger partial charge on any atom is 0.330 e. The van der Waals surface area contributed by atoms with Gasteiger partial charge in [-0.25, -0.2) is 9.59 Å². The molecular formula is C28H46O11S2. The smallest absolute Gasteiger partial charge is 0.330 e. The minimum atomic E-state index is -0.871. The van der Waals surface area contributed by atoms with Gasteiger partial charge in [0.15, 0.2) is 0 Å². The SMILES string of the molecule is C=CC(=O)OCC(CC)(COCC(CC)(COC(=O)C=C)COC(=O)CCSCCO)COC(=O)CCSCCO. The second-order valence-corrected chi connectivity index (χ2v) is 11.8. The fourth-order valence-corrected chi connectivity index (χ4v) is 4.46. The van der Waals surface area contributed by atoms with Gasteiger partial charge in [-0.1, -0.05) is 27.0 Å². The molecule has 2 atom stereocenters. The summed E-state index contributed by atoms with van der Waals surface area (Å²) in [6, 6.07) is 0. The summed E-state index contributed by atoms with van der Waals surface area (Å²) >= 11 is 2.87. The average Bonchev–Trinajstić information content (AvgIpc) is 2.99. The molecule has 0 saturated carbocycles. The van der Waals surface area contributed by atoms with E-state index in [1.165, 1.54) is 23.5 Å². The molecule has 0 amide bonds. The molecule has 236 valence electrons. The quantitative estimate of drug-likeness (QED) is 0.0629. The van der Waals surface area contributed by atoms with Gasteiger partial charge < -0.3 is 33.9 Å². The first kappa shape index (κ1) is 38.9. The first-order valence-electron chi connectivity index (χ1n) is 13.5. The van der Waals surface area contributed by atoms with Crippen molar-refractivity contribution in [2.24, 2.45) is 10.8 Å². The number of carbonyl (C=O) groups excluding carboxylic acids is 4. The van der Waals surface area contributed by atoms with E-state index in [1.807, 2.05) is 13.8 Å². The Bertz CT molecular complexity index is 744. The zero-order valence-corrected chi connectivity index (χ0v) is 25.9. The third-order valence-corrected chi connectivity index (χ3v) is 8.07. The topological polar surface area (TPSA) is 155 Å². The van der Waals surface area contributed by atoms with E-state index in [0.29, 0.717) is 35.9 Å². The monoisotopic (exact) mass is 622 g/mol. The molecule has 0 aliphatic heterocycles. The number of hydrogen-bond donors (Lipinski definition) is 2. The van der Waals surface area contributed by atoms with Gasteiger partial charge in [-0.05, 0) is 12.8 Å².